The van der Waals surface area contributed by atoms with Gasteiger partial charge in [0.2, 0.25) is 5.95 Å². The Morgan fingerprint density at radius 2 is 1.69 bits per heavy atom. The van der Waals surface area contributed by atoms with E-state index in [4.69, 9.17) is 10.5 Å². The van der Waals surface area contributed by atoms with Crippen molar-refractivity contribution in [2.75, 3.05) is 24.6 Å². The average molecular weight is 580 g/mol. The summed E-state index contributed by atoms with van der Waals surface area (Å²) in [5, 5.41) is 4.35. The van der Waals surface area contributed by atoms with E-state index in [0.29, 0.717) is 40.8 Å². The number of halogens is 4. The van der Waals surface area contributed by atoms with Crippen LogP contribution in [0.3, 0.4) is 0 Å². The second-order valence-corrected chi connectivity index (χ2v) is 11.0. The van der Waals surface area contributed by atoms with Gasteiger partial charge in [0.1, 0.15) is 5.82 Å². The Morgan fingerprint density at radius 1 is 0.929 bits per heavy atom. The lowest BCUT2D eigenvalue weighted by molar-refractivity contribution is -0.122. The first-order valence-corrected chi connectivity index (χ1v) is 14.4. The maximum absolute atomic E-state index is 15.3. The Hall–Kier alpha value is -3.76. The third-order valence-electron chi connectivity index (χ3n) is 8.08. The number of alkyl halides is 3. The van der Waals surface area contributed by atoms with Crippen LogP contribution in [0.5, 0.6) is 0 Å². The summed E-state index contributed by atoms with van der Waals surface area (Å²) in [6.07, 6.45) is -0.0976. The number of nitrogens with zero attached hydrogens (tertiary/aromatic N) is 4. The summed E-state index contributed by atoms with van der Waals surface area (Å²) in [6.45, 7) is 2.11. The second-order valence-electron chi connectivity index (χ2n) is 11.0. The predicted octanol–water partition coefficient (Wildman–Crippen LogP) is 7.11. The molecule has 6 nitrogen and oxygen atoms in total. The van der Waals surface area contributed by atoms with Crippen LogP contribution < -0.4 is 10.6 Å². The van der Waals surface area contributed by atoms with E-state index in [1.54, 1.807) is 65.5 Å². The van der Waals surface area contributed by atoms with Crippen molar-refractivity contribution in [1.29, 1.82) is 0 Å². The van der Waals surface area contributed by atoms with Crippen molar-refractivity contribution < 1.29 is 22.3 Å². The van der Waals surface area contributed by atoms with E-state index < -0.39 is 18.5 Å². The van der Waals surface area contributed by atoms with E-state index >= 15 is 4.39 Å². The Labute approximate surface area is 241 Å². The summed E-state index contributed by atoms with van der Waals surface area (Å²) in [5.74, 6) is 0.0616. The number of rotatable bonds is 6. The van der Waals surface area contributed by atoms with Crippen LogP contribution in [0.1, 0.15) is 61.4 Å². The number of hydrogen-bond donors (Lipinski definition) is 1. The van der Waals surface area contributed by atoms with Crippen LogP contribution in [0.2, 0.25) is 0 Å². The van der Waals surface area contributed by atoms with E-state index in [2.05, 4.69) is 15.0 Å². The van der Waals surface area contributed by atoms with Crippen LogP contribution in [0, 0.1) is 5.95 Å². The molecule has 4 heterocycles. The van der Waals surface area contributed by atoms with Crippen molar-refractivity contribution in [2.24, 2.45) is 5.73 Å². The minimum atomic E-state index is -4.48. The monoisotopic (exact) mass is 579 g/mol. The van der Waals surface area contributed by atoms with Crippen molar-refractivity contribution >= 4 is 27.9 Å². The maximum atomic E-state index is 15.3. The molecule has 1 atom stereocenters. The first kappa shape index (κ1) is 28.4. The number of fused-ring (bicyclic) bond motifs is 1. The number of allylic oxidation sites excluding steroid dienone is 1. The summed E-state index contributed by atoms with van der Waals surface area (Å²) in [5.41, 5.74) is 8.42. The fraction of sp³-hybridized carbons (Fsp3) is 0.375. The van der Waals surface area contributed by atoms with Crippen LogP contribution in [0.25, 0.3) is 22.0 Å². The zero-order chi connectivity index (χ0) is 29.3. The van der Waals surface area contributed by atoms with Crippen molar-refractivity contribution in [1.82, 2.24) is 14.8 Å². The molecule has 0 saturated carbocycles. The summed E-state index contributed by atoms with van der Waals surface area (Å²) >= 11 is 0. The summed E-state index contributed by atoms with van der Waals surface area (Å²) in [7, 11) is 0. The topological polar surface area (TPSA) is 69.2 Å². The van der Waals surface area contributed by atoms with Gasteiger partial charge in [0.05, 0.1) is 17.3 Å². The lowest BCUT2D eigenvalue weighted by Crippen LogP contribution is -2.40. The number of pyridine rings is 1. The summed E-state index contributed by atoms with van der Waals surface area (Å²) in [6, 6.07) is 17.3. The largest absolute Gasteiger partial charge is 0.393 e. The molecule has 1 unspecified atom stereocenters. The van der Waals surface area contributed by atoms with Gasteiger partial charge in [-0.2, -0.15) is 17.6 Å². The lowest BCUT2D eigenvalue weighted by Gasteiger charge is -2.31. The third kappa shape index (κ3) is 6.05. The fourth-order valence-electron chi connectivity index (χ4n) is 5.93. The van der Waals surface area contributed by atoms with Gasteiger partial charge >= 0.3 is 6.18 Å². The molecule has 2 aromatic heterocycles. The highest BCUT2D eigenvalue weighted by Crippen LogP contribution is 2.40. The quantitative estimate of drug-likeness (QED) is 0.195. The highest BCUT2D eigenvalue weighted by molar-refractivity contribution is 6.00. The van der Waals surface area contributed by atoms with Crippen molar-refractivity contribution in [3.05, 3.63) is 89.5 Å². The van der Waals surface area contributed by atoms with Gasteiger partial charge < -0.3 is 15.4 Å². The van der Waals surface area contributed by atoms with Gasteiger partial charge in [-0.1, -0.05) is 36.4 Å². The normalized spacial score (nSPS) is 19.3. The molecule has 0 radical (unpaired) electrons. The summed E-state index contributed by atoms with van der Waals surface area (Å²) < 4.78 is 64.9. The first-order valence-electron chi connectivity index (χ1n) is 14.4. The Bertz CT molecular complexity index is 1550. The minimum Gasteiger partial charge on any atom is -0.357 e. The fourth-order valence-corrected chi connectivity index (χ4v) is 5.93. The Balaban J connectivity index is 1.49. The SMILES string of the molecule is NC1CCN(c2ccc(C(=C(CC(F)(F)F)c3ccccc3)c3ccc4c(c3)c(F)nn4C3CCCCO3)cn2)CC1. The Morgan fingerprint density at radius 3 is 2.36 bits per heavy atom. The number of ether oxygens (including phenoxy) is 1. The zero-order valence-electron chi connectivity index (χ0n) is 23.2. The lowest BCUT2D eigenvalue weighted by atomic mass is 9.88. The molecule has 2 saturated heterocycles. The van der Waals surface area contributed by atoms with Crippen LogP contribution in [-0.2, 0) is 4.74 Å². The number of anilines is 1. The van der Waals surface area contributed by atoms with Crippen LogP contribution in [0.15, 0.2) is 66.9 Å². The molecule has 4 aromatic rings. The molecule has 6 rings (SSSR count). The molecule has 0 amide bonds. The minimum absolute atomic E-state index is 0.0874. The molecule has 220 valence electrons. The number of hydrogen-bond acceptors (Lipinski definition) is 5. The number of aromatic nitrogens is 3. The average Bonchev–Trinajstić information content (AvgIpc) is 3.33. The third-order valence-corrected chi connectivity index (χ3v) is 8.08. The van der Waals surface area contributed by atoms with Gasteiger partial charge in [0, 0.05) is 37.5 Å². The van der Waals surface area contributed by atoms with Gasteiger partial charge in [0.15, 0.2) is 6.23 Å². The molecule has 0 aliphatic carbocycles. The van der Waals surface area contributed by atoms with Gasteiger partial charge in [0.25, 0.3) is 0 Å². The molecule has 10 heteroatoms. The molecule has 2 fully saturated rings. The highest BCUT2D eigenvalue weighted by Gasteiger charge is 2.32. The molecule has 0 bridgehead atoms. The van der Waals surface area contributed by atoms with Crippen LogP contribution >= 0.6 is 0 Å². The van der Waals surface area contributed by atoms with Gasteiger partial charge in [-0.3, -0.25) is 0 Å². The van der Waals surface area contributed by atoms with E-state index in [9.17, 15) is 13.2 Å². The van der Waals surface area contributed by atoms with Crippen LogP contribution in [0.4, 0.5) is 23.4 Å². The van der Waals surface area contributed by atoms with Crippen molar-refractivity contribution in [2.45, 2.75) is 57.0 Å². The molecule has 2 aromatic carbocycles. The molecule has 2 aliphatic heterocycles. The molecule has 42 heavy (non-hydrogen) atoms. The Kier molecular flexibility index (Phi) is 8.00. The molecular weight excluding hydrogens is 546 g/mol. The maximum Gasteiger partial charge on any atom is 0.393 e. The van der Waals surface area contributed by atoms with E-state index in [1.807, 2.05) is 6.07 Å². The summed E-state index contributed by atoms with van der Waals surface area (Å²) in [4.78, 5) is 6.79. The number of benzene rings is 2. The smallest absolute Gasteiger partial charge is 0.357 e. The van der Waals surface area contributed by atoms with Gasteiger partial charge in [-0.05, 0) is 78.6 Å². The van der Waals surface area contributed by atoms with Crippen molar-refractivity contribution in [3.63, 3.8) is 0 Å². The number of nitrogens with two attached hydrogens (primary N) is 1. The zero-order valence-corrected chi connectivity index (χ0v) is 23.2. The first-order chi connectivity index (χ1) is 20.3. The van der Waals surface area contributed by atoms with Crippen molar-refractivity contribution in [3.8, 4) is 0 Å². The standard InChI is InChI=1S/C32H33F4N5O/c33-31-25-18-22(9-11-27(25)41(39-31)29-8-4-5-17-42-29)30(26(19-32(34,35)36)21-6-2-1-3-7-21)23-10-12-28(38-20-23)40-15-13-24(37)14-16-40/h1-3,6-7,9-12,18,20,24,29H,4-5,8,13-17,19,37H2. The molecule has 0 spiro atoms. The van der Waals surface area contributed by atoms with E-state index in [1.165, 1.54) is 0 Å². The van der Waals surface area contributed by atoms with Gasteiger partial charge in [-0.25, -0.2) is 9.67 Å². The predicted molar refractivity (Wildman–Crippen MR) is 155 cm³/mol. The van der Waals surface area contributed by atoms with Gasteiger partial charge in [-0.15, -0.1) is 5.10 Å². The molecular formula is C32H33F4N5O. The second kappa shape index (κ2) is 11.9. The number of piperidine rings is 1. The molecule has 2 aliphatic rings. The molecule has 2 N–H and O–H groups in total. The van der Waals surface area contributed by atoms with Crippen LogP contribution in [-0.4, -0.2) is 46.7 Å². The van der Waals surface area contributed by atoms with E-state index in [-0.39, 0.29) is 23.2 Å². The highest BCUT2D eigenvalue weighted by atomic mass is 19.4. The van der Waals surface area contributed by atoms with E-state index in [0.717, 1.165) is 44.6 Å².